The fourth-order valence-electron chi connectivity index (χ4n) is 3.06. The molecule has 0 unspecified atom stereocenters. The van der Waals surface area contributed by atoms with Crippen LogP contribution in [0.4, 0.5) is 5.69 Å². The Morgan fingerprint density at radius 2 is 1.54 bits per heavy atom. The molecule has 2 heteroatoms. The summed E-state index contributed by atoms with van der Waals surface area (Å²) < 4.78 is 0. The zero-order chi connectivity index (χ0) is 17.2. The predicted octanol–water partition coefficient (Wildman–Crippen LogP) is 5.32. The van der Waals surface area contributed by atoms with Crippen LogP contribution in [0.3, 0.4) is 0 Å². The predicted molar refractivity (Wildman–Crippen MR) is 101 cm³/mol. The summed E-state index contributed by atoms with van der Waals surface area (Å²) in [4.78, 5) is 12.6. The van der Waals surface area contributed by atoms with Crippen molar-refractivity contribution in [2.75, 3.05) is 5.32 Å². The van der Waals surface area contributed by atoms with Crippen LogP contribution < -0.4 is 5.32 Å². The van der Waals surface area contributed by atoms with Crippen LogP contribution >= 0.6 is 0 Å². The number of carbonyl (C=O) groups is 1. The van der Waals surface area contributed by atoms with Gasteiger partial charge in [0.1, 0.15) is 0 Å². The highest BCUT2D eigenvalue weighted by Crippen LogP contribution is 2.29. The summed E-state index contributed by atoms with van der Waals surface area (Å²) in [6, 6.07) is 22.3. The Kier molecular flexibility index (Phi) is 4.39. The van der Waals surface area contributed by atoms with Crippen molar-refractivity contribution in [1.82, 2.24) is 0 Å². The average molecular weight is 317 g/mol. The third kappa shape index (κ3) is 3.48. The summed E-state index contributed by atoms with van der Waals surface area (Å²) in [5, 5.41) is 5.39. The maximum atomic E-state index is 12.6. The van der Waals surface area contributed by atoms with E-state index in [-0.39, 0.29) is 11.3 Å². The van der Waals surface area contributed by atoms with Crippen LogP contribution in [0, 0.1) is 0 Å². The van der Waals surface area contributed by atoms with E-state index in [1.54, 1.807) is 0 Å². The lowest BCUT2D eigenvalue weighted by Gasteiger charge is -2.23. The van der Waals surface area contributed by atoms with Crippen LogP contribution in [0.25, 0.3) is 10.8 Å². The first-order valence-corrected chi connectivity index (χ1v) is 8.31. The summed E-state index contributed by atoms with van der Waals surface area (Å²) in [6.45, 7) is 6.47. The molecule has 0 aliphatic heterocycles. The Labute approximate surface area is 143 Å². The van der Waals surface area contributed by atoms with Gasteiger partial charge in [0.05, 0.1) is 6.42 Å². The third-order valence-electron chi connectivity index (χ3n) is 4.24. The number of hydrogen-bond acceptors (Lipinski definition) is 1. The molecular formula is C22H23NO. The van der Waals surface area contributed by atoms with Crippen molar-refractivity contribution in [3.05, 3.63) is 77.9 Å². The van der Waals surface area contributed by atoms with Gasteiger partial charge in [0, 0.05) is 5.69 Å². The molecule has 1 amide bonds. The molecule has 122 valence electrons. The first-order valence-electron chi connectivity index (χ1n) is 8.31. The van der Waals surface area contributed by atoms with Gasteiger partial charge >= 0.3 is 0 Å². The Morgan fingerprint density at radius 1 is 0.875 bits per heavy atom. The lowest BCUT2D eigenvalue weighted by atomic mass is 9.86. The van der Waals surface area contributed by atoms with Crippen molar-refractivity contribution in [1.29, 1.82) is 0 Å². The molecule has 0 saturated carbocycles. The summed E-state index contributed by atoms with van der Waals surface area (Å²) in [5.41, 5.74) is 3.09. The molecule has 0 bridgehead atoms. The standard InChI is InChI=1S/C22H23NO/c1-22(2,3)19-13-6-7-14-20(19)23-21(24)15-17-11-8-10-16-9-4-5-12-18(16)17/h4-14H,15H2,1-3H3,(H,23,24). The Morgan fingerprint density at radius 3 is 2.33 bits per heavy atom. The first-order chi connectivity index (χ1) is 11.4. The minimum Gasteiger partial charge on any atom is -0.326 e. The maximum Gasteiger partial charge on any atom is 0.228 e. The molecule has 0 aliphatic rings. The van der Waals surface area contributed by atoms with E-state index in [4.69, 9.17) is 0 Å². The van der Waals surface area contributed by atoms with Crippen molar-refractivity contribution in [2.24, 2.45) is 0 Å². The van der Waals surface area contributed by atoms with Gasteiger partial charge in [-0.05, 0) is 33.4 Å². The minimum atomic E-state index is -0.0106. The molecule has 3 aromatic rings. The summed E-state index contributed by atoms with van der Waals surface area (Å²) in [6.07, 6.45) is 0.375. The molecule has 3 rings (SSSR count). The molecule has 0 spiro atoms. The van der Waals surface area contributed by atoms with E-state index in [1.165, 1.54) is 0 Å². The number of hydrogen-bond donors (Lipinski definition) is 1. The normalized spacial score (nSPS) is 11.5. The molecule has 0 aliphatic carbocycles. The van der Waals surface area contributed by atoms with Gasteiger partial charge in [-0.15, -0.1) is 0 Å². The number of fused-ring (bicyclic) bond motifs is 1. The molecule has 0 saturated heterocycles. The van der Waals surface area contributed by atoms with Crippen LogP contribution in [-0.4, -0.2) is 5.91 Å². The molecule has 0 heterocycles. The van der Waals surface area contributed by atoms with Crippen LogP contribution in [0.2, 0.25) is 0 Å². The number of para-hydroxylation sites is 1. The van der Waals surface area contributed by atoms with Crippen LogP contribution in [0.5, 0.6) is 0 Å². The van der Waals surface area contributed by atoms with Gasteiger partial charge in [-0.1, -0.05) is 81.4 Å². The number of benzene rings is 3. The third-order valence-corrected chi connectivity index (χ3v) is 4.24. The van der Waals surface area contributed by atoms with Gasteiger partial charge in [-0.2, -0.15) is 0 Å². The van der Waals surface area contributed by atoms with Gasteiger partial charge in [0.15, 0.2) is 0 Å². The molecule has 0 radical (unpaired) electrons. The molecule has 2 nitrogen and oxygen atoms in total. The number of anilines is 1. The zero-order valence-electron chi connectivity index (χ0n) is 14.5. The maximum absolute atomic E-state index is 12.6. The quantitative estimate of drug-likeness (QED) is 0.696. The Bertz CT molecular complexity index is 869. The molecule has 24 heavy (non-hydrogen) atoms. The largest absolute Gasteiger partial charge is 0.326 e. The number of rotatable bonds is 3. The van der Waals surface area contributed by atoms with Gasteiger partial charge in [0.25, 0.3) is 0 Å². The van der Waals surface area contributed by atoms with E-state index in [2.05, 4.69) is 50.4 Å². The summed E-state index contributed by atoms with van der Waals surface area (Å²) in [5.74, 6) is 0.0167. The Hall–Kier alpha value is -2.61. The minimum absolute atomic E-state index is 0.0106. The van der Waals surface area contributed by atoms with E-state index >= 15 is 0 Å². The van der Waals surface area contributed by atoms with Gasteiger partial charge in [0.2, 0.25) is 5.91 Å². The Balaban J connectivity index is 1.84. The molecular weight excluding hydrogens is 294 g/mol. The average Bonchev–Trinajstić information content (AvgIpc) is 2.54. The van der Waals surface area contributed by atoms with Crippen LogP contribution in [0.15, 0.2) is 66.7 Å². The van der Waals surface area contributed by atoms with Gasteiger partial charge in [-0.25, -0.2) is 0 Å². The topological polar surface area (TPSA) is 29.1 Å². The second kappa shape index (κ2) is 6.48. The van der Waals surface area contributed by atoms with E-state index in [0.717, 1.165) is 27.6 Å². The van der Waals surface area contributed by atoms with Gasteiger partial charge < -0.3 is 5.32 Å². The van der Waals surface area contributed by atoms with Crippen molar-refractivity contribution < 1.29 is 4.79 Å². The van der Waals surface area contributed by atoms with E-state index in [1.807, 2.05) is 42.5 Å². The van der Waals surface area contributed by atoms with Crippen molar-refractivity contribution in [3.8, 4) is 0 Å². The summed E-state index contributed by atoms with van der Waals surface area (Å²) in [7, 11) is 0. The van der Waals surface area contributed by atoms with E-state index in [9.17, 15) is 4.79 Å². The SMILES string of the molecule is CC(C)(C)c1ccccc1NC(=O)Cc1cccc2ccccc12. The first kappa shape index (κ1) is 16.3. The zero-order valence-corrected chi connectivity index (χ0v) is 14.5. The highest BCUT2D eigenvalue weighted by molar-refractivity contribution is 5.96. The van der Waals surface area contributed by atoms with E-state index < -0.39 is 0 Å². The molecule has 0 atom stereocenters. The lowest BCUT2D eigenvalue weighted by Crippen LogP contribution is -2.20. The van der Waals surface area contributed by atoms with Crippen molar-refractivity contribution in [3.63, 3.8) is 0 Å². The second-order valence-corrected chi connectivity index (χ2v) is 7.16. The van der Waals surface area contributed by atoms with Crippen molar-refractivity contribution in [2.45, 2.75) is 32.6 Å². The second-order valence-electron chi connectivity index (χ2n) is 7.16. The number of nitrogens with one attached hydrogen (secondary N) is 1. The lowest BCUT2D eigenvalue weighted by molar-refractivity contribution is -0.115. The number of amides is 1. The number of carbonyl (C=O) groups excluding carboxylic acids is 1. The van der Waals surface area contributed by atoms with Crippen LogP contribution in [0.1, 0.15) is 31.9 Å². The molecule has 0 fully saturated rings. The van der Waals surface area contributed by atoms with Crippen LogP contribution in [-0.2, 0) is 16.6 Å². The molecule has 0 aromatic heterocycles. The van der Waals surface area contributed by atoms with Gasteiger partial charge in [-0.3, -0.25) is 4.79 Å². The summed E-state index contributed by atoms with van der Waals surface area (Å²) >= 11 is 0. The fraction of sp³-hybridized carbons (Fsp3) is 0.227. The van der Waals surface area contributed by atoms with Crippen molar-refractivity contribution >= 4 is 22.4 Å². The smallest absolute Gasteiger partial charge is 0.228 e. The highest BCUT2D eigenvalue weighted by Gasteiger charge is 2.18. The van der Waals surface area contributed by atoms with E-state index in [0.29, 0.717) is 6.42 Å². The monoisotopic (exact) mass is 317 g/mol. The molecule has 3 aromatic carbocycles. The molecule has 1 N–H and O–H groups in total. The highest BCUT2D eigenvalue weighted by atomic mass is 16.1. The fourth-order valence-corrected chi connectivity index (χ4v) is 3.06.